The van der Waals surface area contributed by atoms with Gasteiger partial charge in [0.15, 0.2) is 0 Å². The maximum Gasteiger partial charge on any atom is 0.308 e. The number of aryl methyl sites for hydroxylation is 1. The van der Waals surface area contributed by atoms with Crippen LogP contribution in [0.4, 0.5) is 0 Å². The summed E-state index contributed by atoms with van der Waals surface area (Å²) in [6.45, 7) is 5.95. The van der Waals surface area contributed by atoms with Crippen molar-refractivity contribution in [3.8, 4) is 5.69 Å². The lowest BCUT2D eigenvalue weighted by molar-refractivity contribution is 0.581. The van der Waals surface area contributed by atoms with E-state index in [-0.39, 0.29) is 22.4 Å². The molecule has 0 bridgehead atoms. The Balaban J connectivity index is 1.53. The molecule has 0 aliphatic rings. The number of sulfonamides is 1. The molecule has 2 aromatic heterocycles. The van der Waals surface area contributed by atoms with Gasteiger partial charge < -0.3 is 4.57 Å². The van der Waals surface area contributed by atoms with E-state index in [0.29, 0.717) is 4.70 Å². The third-order valence-corrected chi connectivity index (χ3v) is 7.24. The Hall–Kier alpha value is -2.75. The molecule has 0 radical (unpaired) electrons. The SMILES string of the molecule is Cc1nccn1-c1ccc(CNS(=O)(=O)c2ccc3c(c2)sc(=O)n3C(C)C)cc1. The highest BCUT2D eigenvalue weighted by Crippen LogP contribution is 2.24. The first kappa shape index (κ1) is 20.5. The van der Waals surface area contributed by atoms with Crippen LogP contribution >= 0.6 is 11.3 Å². The predicted octanol–water partition coefficient (Wildman–Crippen LogP) is 3.62. The molecule has 4 aromatic rings. The Morgan fingerprint density at radius 2 is 1.87 bits per heavy atom. The number of aromatic nitrogens is 3. The number of nitrogens with zero attached hydrogens (tertiary/aromatic N) is 3. The number of thiazole rings is 1. The third kappa shape index (κ3) is 3.83. The Bertz CT molecular complexity index is 1360. The van der Waals surface area contributed by atoms with Crippen molar-refractivity contribution in [2.45, 2.75) is 38.3 Å². The van der Waals surface area contributed by atoms with Gasteiger partial charge >= 0.3 is 4.87 Å². The van der Waals surface area contributed by atoms with Gasteiger partial charge in [0.2, 0.25) is 10.0 Å². The van der Waals surface area contributed by atoms with E-state index in [9.17, 15) is 13.2 Å². The largest absolute Gasteiger partial charge is 0.308 e. The van der Waals surface area contributed by atoms with E-state index in [4.69, 9.17) is 0 Å². The van der Waals surface area contributed by atoms with Gasteiger partial charge in [-0.25, -0.2) is 18.1 Å². The van der Waals surface area contributed by atoms with Gasteiger partial charge in [-0.3, -0.25) is 9.36 Å². The average Bonchev–Trinajstić information content (AvgIpc) is 3.28. The van der Waals surface area contributed by atoms with Crippen LogP contribution in [0.15, 0.2) is 64.5 Å². The van der Waals surface area contributed by atoms with Gasteiger partial charge in [0.05, 0.1) is 15.1 Å². The topological polar surface area (TPSA) is 86.0 Å². The van der Waals surface area contributed by atoms with E-state index in [1.165, 1.54) is 0 Å². The lowest BCUT2D eigenvalue weighted by Gasteiger charge is -2.10. The van der Waals surface area contributed by atoms with Gasteiger partial charge in [0.25, 0.3) is 0 Å². The van der Waals surface area contributed by atoms with Crippen molar-refractivity contribution in [3.05, 3.63) is 75.9 Å². The highest BCUT2D eigenvalue weighted by Gasteiger charge is 2.17. The van der Waals surface area contributed by atoms with E-state index in [0.717, 1.165) is 33.9 Å². The van der Waals surface area contributed by atoms with Gasteiger partial charge in [0, 0.05) is 30.7 Å². The first-order chi connectivity index (χ1) is 14.3. The summed E-state index contributed by atoms with van der Waals surface area (Å²) in [5.74, 6) is 0.882. The van der Waals surface area contributed by atoms with Gasteiger partial charge in [-0.2, -0.15) is 0 Å². The third-order valence-electron chi connectivity index (χ3n) is 4.92. The fourth-order valence-electron chi connectivity index (χ4n) is 3.36. The lowest BCUT2D eigenvalue weighted by Crippen LogP contribution is -2.23. The van der Waals surface area contributed by atoms with Crippen LogP contribution in [-0.4, -0.2) is 22.5 Å². The molecule has 0 aliphatic carbocycles. The second kappa shape index (κ2) is 7.82. The summed E-state index contributed by atoms with van der Waals surface area (Å²) in [7, 11) is -3.70. The van der Waals surface area contributed by atoms with E-state index in [1.54, 1.807) is 29.0 Å². The summed E-state index contributed by atoms with van der Waals surface area (Å²) in [5.41, 5.74) is 2.56. The number of benzene rings is 2. The fraction of sp³-hybridized carbons (Fsp3) is 0.238. The molecular formula is C21H22N4O3S2. The molecule has 0 spiro atoms. The van der Waals surface area contributed by atoms with Crippen LogP contribution < -0.4 is 9.60 Å². The fourth-order valence-corrected chi connectivity index (χ4v) is 5.53. The van der Waals surface area contributed by atoms with Crippen LogP contribution in [0.25, 0.3) is 15.9 Å². The van der Waals surface area contributed by atoms with Gasteiger partial charge in [-0.1, -0.05) is 23.5 Å². The highest BCUT2D eigenvalue weighted by atomic mass is 32.2. The first-order valence-electron chi connectivity index (χ1n) is 9.50. The monoisotopic (exact) mass is 442 g/mol. The average molecular weight is 443 g/mol. The minimum absolute atomic E-state index is 0.0147. The number of rotatable bonds is 6. The van der Waals surface area contributed by atoms with Crippen molar-refractivity contribution in [1.82, 2.24) is 18.8 Å². The Kier molecular flexibility index (Phi) is 5.35. The van der Waals surface area contributed by atoms with Crippen LogP contribution in [0.5, 0.6) is 0 Å². The minimum atomic E-state index is -3.70. The standard InChI is InChI=1S/C21H22N4O3S2/c1-14(2)25-19-9-8-18(12-20(19)29-21(25)26)30(27,28)23-13-16-4-6-17(7-5-16)24-11-10-22-15(24)3/h4-12,14,23H,13H2,1-3H3. The Morgan fingerprint density at radius 1 is 1.13 bits per heavy atom. The first-order valence-corrected chi connectivity index (χ1v) is 11.8. The van der Waals surface area contributed by atoms with E-state index in [2.05, 4.69) is 9.71 Å². The number of hydrogen-bond acceptors (Lipinski definition) is 5. The van der Waals surface area contributed by atoms with Crippen molar-refractivity contribution in [1.29, 1.82) is 0 Å². The van der Waals surface area contributed by atoms with Gasteiger partial charge in [-0.05, 0) is 56.7 Å². The summed E-state index contributed by atoms with van der Waals surface area (Å²) >= 11 is 1.06. The van der Waals surface area contributed by atoms with Crippen molar-refractivity contribution >= 4 is 31.6 Å². The number of hydrogen-bond donors (Lipinski definition) is 1. The summed E-state index contributed by atoms with van der Waals surface area (Å²) in [5, 5.41) is 0. The number of fused-ring (bicyclic) bond motifs is 1. The van der Waals surface area contributed by atoms with Gasteiger partial charge in [-0.15, -0.1) is 0 Å². The molecule has 2 aromatic carbocycles. The molecule has 1 N–H and O–H groups in total. The second-order valence-corrected chi connectivity index (χ2v) is 10.1. The Labute approximate surface area is 178 Å². The zero-order chi connectivity index (χ0) is 21.5. The lowest BCUT2D eigenvalue weighted by atomic mass is 10.2. The smallest absolute Gasteiger partial charge is 0.304 e. The summed E-state index contributed by atoms with van der Waals surface area (Å²) in [6.07, 6.45) is 3.62. The van der Waals surface area contributed by atoms with Crippen molar-refractivity contribution in [3.63, 3.8) is 0 Å². The maximum absolute atomic E-state index is 12.8. The van der Waals surface area contributed by atoms with Crippen LogP contribution in [0.2, 0.25) is 0 Å². The molecular weight excluding hydrogens is 420 g/mol. The molecule has 0 saturated heterocycles. The number of nitrogens with one attached hydrogen (secondary N) is 1. The highest BCUT2D eigenvalue weighted by molar-refractivity contribution is 7.89. The molecule has 0 fully saturated rings. The molecule has 2 heterocycles. The van der Waals surface area contributed by atoms with E-state index < -0.39 is 10.0 Å². The predicted molar refractivity (Wildman–Crippen MR) is 119 cm³/mol. The summed E-state index contributed by atoms with van der Waals surface area (Å²) in [6, 6.07) is 12.4. The molecule has 0 aliphatic heterocycles. The number of imidazole rings is 1. The molecule has 0 saturated carbocycles. The van der Waals surface area contributed by atoms with Gasteiger partial charge in [0.1, 0.15) is 5.82 Å². The van der Waals surface area contributed by atoms with E-state index >= 15 is 0 Å². The van der Waals surface area contributed by atoms with Crippen LogP contribution in [0.3, 0.4) is 0 Å². The second-order valence-electron chi connectivity index (χ2n) is 7.30. The maximum atomic E-state index is 12.8. The molecule has 156 valence electrons. The van der Waals surface area contributed by atoms with E-state index in [1.807, 2.05) is 55.8 Å². The Morgan fingerprint density at radius 3 is 2.50 bits per heavy atom. The zero-order valence-corrected chi connectivity index (χ0v) is 18.5. The molecule has 30 heavy (non-hydrogen) atoms. The van der Waals surface area contributed by atoms with Crippen LogP contribution in [-0.2, 0) is 16.6 Å². The minimum Gasteiger partial charge on any atom is -0.304 e. The molecule has 7 nitrogen and oxygen atoms in total. The molecule has 4 rings (SSSR count). The summed E-state index contributed by atoms with van der Waals surface area (Å²) < 4.78 is 32.5. The van der Waals surface area contributed by atoms with Crippen LogP contribution in [0.1, 0.15) is 31.3 Å². The zero-order valence-electron chi connectivity index (χ0n) is 16.9. The van der Waals surface area contributed by atoms with Crippen molar-refractivity contribution < 1.29 is 8.42 Å². The molecule has 0 atom stereocenters. The normalized spacial score (nSPS) is 12.1. The molecule has 9 heteroatoms. The summed E-state index contributed by atoms with van der Waals surface area (Å²) in [4.78, 5) is 16.5. The molecule has 0 amide bonds. The molecule has 0 unspecified atom stereocenters. The van der Waals surface area contributed by atoms with Crippen molar-refractivity contribution in [2.24, 2.45) is 0 Å². The van der Waals surface area contributed by atoms with Crippen molar-refractivity contribution in [2.75, 3.05) is 0 Å². The van der Waals surface area contributed by atoms with Crippen LogP contribution in [0, 0.1) is 6.92 Å². The quantitative estimate of drug-likeness (QED) is 0.494.